The summed E-state index contributed by atoms with van der Waals surface area (Å²) in [5.41, 5.74) is 8.48. The summed E-state index contributed by atoms with van der Waals surface area (Å²) in [6.45, 7) is 4.67. The van der Waals surface area contributed by atoms with Crippen LogP contribution in [0.3, 0.4) is 0 Å². The van der Waals surface area contributed by atoms with Gasteiger partial charge in [-0.3, -0.25) is 0 Å². The summed E-state index contributed by atoms with van der Waals surface area (Å²) in [6, 6.07) is 52.8. The molecule has 2 aromatic heterocycles. The van der Waals surface area contributed by atoms with Crippen molar-refractivity contribution in [3.05, 3.63) is 168 Å². The number of fused-ring (bicyclic) bond motifs is 6. The molecular weight excluding hydrogens is 621 g/mol. The fourth-order valence-electron chi connectivity index (χ4n) is 7.61. The van der Waals surface area contributed by atoms with E-state index in [1.807, 2.05) is 22.7 Å². The predicted molar refractivity (Wildman–Crippen MR) is 210 cm³/mol. The van der Waals surface area contributed by atoms with Crippen molar-refractivity contribution in [2.75, 3.05) is 9.80 Å². The Morgan fingerprint density at radius 2 is 1.19 bits per heavy atom. The van der Waals surface area contributed by atoms with Gasteiger partial charge in [-0.2, -0.15) is 0 Å². The standard InChI is InChI=1S/C44H34N2S2/c1-30-27-34(45(31-15-6-3-7-16-31)37-22-14-24-40-43(37)35-21-12-13-23-38(35)47-40)28-41-42(30)36-29-44(2,26-25-39(36)48-41)46(32-17-8-4-9-18-32)33-19-10-5-11-20-33/h3-28H,29H2,1-2H3. The molecule has 0 amide bonds. The van der Waals surface area contributed by atoms with Gasteiger partial charge < -0.3 is 9.80 Å². The molecule has 8 aromatic rings. The highest BCUT2D eigenvalue weighted by atomic mass is 32.1. The van der Waals surface area contributed by atoms with Gasteiger partial charge in [-0.05, 0) is 103 Å². The van der Waals surface area contributed by atoms with Gasteiger partial charge in [0.2, 0.25) is 0 Å². The summed E-state index contributed by atoms with van der Waals surface area (Å²) in [5, 5.41) is 4.01. The molecule has 0 saturated heterocycles. The first-order valence-corrected chi connectivity index (χ1v) is 18.1. The van der Waals surface area contributed by atoms with Crippen LogP contribution in [0.2, 0.25) is 0 Å². The van der Waals surface area contributed by atoms with Crippen molar-refractivity contribution in [2.45, 2.75) is 25.8 Å². The van der Waals surface area contributed by atoms with Crippen molar-refractivity contribution < 1.29 is 0 Å². The second kappa shape index (κ2) is 11.5. The second-order valence-corrected chi connectivity index (χ2v) is 15.0. The Morgan fingerprint density at radius 1 is 0.562 bits per heavy atom. The number of thiophene rings is 2. The fourth-order valence-corrected chi connectivity index (χ4v) is 9.97. The van der Waals surface area contributed by atoms with Gasteiger partial charge in [0.05, 0.1) is 11.2 Å². The third-order valence-electron chi connectivity index (χ3n) is 9.67. The van der Waals surface area contributed by atoms with Crippen molar-refractivity contribution in [3.63, 3.8) is 0 Å². The molecule has 0 radical (unpaired) electrons. The van der Waals surface area contributed by atoms with Gasteiger partial charge in [0.15, 0.2) is 0 Å². The van der Waals surface area contributed by atoms with Crippen LogP contribution in [0.15, 0.2) is 152 Å². The fraction of sp³-hybridized carbons (Fsp3) is 0.0909. The predicted octanol–water partition coefficient (Wildman–Crippen LogP) is 13.2. The molecule has 0 N–H and O–H groups in total. The van der Waals surface area contributed by atoms with Crippen LogP contribution in [-0.2, 0) is 6.42 Å². The van der Waals surface area contributed by atoms with E-state index in [1.54, 1.807) is 0 Å². The van der Waals surface area contributed by atoms with E-state index in [9.17, 15) is 0 Å². The van der Waals surface area contributed by atoms with Gasteiger partial charge in [0.1, 0.15) is 0 Å². The van der Waals surface area contributed by atoms with Crippen molar-refractivity contribution in [1.82, 2.24) is 0 Å². The van der Waals surface area contributed by atoms with E-state index in [0.717, 1.165) is 12.1 Å². The molecule has 232 valence electrons. The monoisotopic (exact) mass is 654 g/mol. The lowest BCUT2D eigenvalue weighted by Crippen LogP contribution is -2.44. The summed E-state index contributed by atoms with van der Waals surface area (Å²) in [4.78, 5) is 6.32. The SMILES string of the molecule is Cc1cc(N(c2ccccc2)c2cccc3sc4ccccc4c23)cc2sc3c(c12)CC(C)(N(c1ccccc1)c1ccccc1)C=C3. The molecule has 1 aliphatic rings. The quantitative estimate of drug-likeness (QED) is 0.176. The highest BCUT2D eigenvalue weighted by molar-refractivity contribution is 7.26. The molecule has 0 fully saturated rings. The van der Waals surface area contributed by atoms with Crippen molar-refractivity contribution in [1.29, 1.82) is 0 Å². The van der Waals surface area contributed by atoms with Gasteiger partial charge in [0.25, 0.3) is 0 Å². The van der Waals surface area contributed by atoms with Crippen LogP contribution in [-0.4, -0.2) is 5.54 Å². The van der Waals surface area contributed by atoms with Crippen LogP contribution in [0.5, 0.6) is 0 Å². The molecular formula is C44H34N2S2. The first-order valence-electron chi connectivity index (χ1n) is 16.5. The minimum absolute atomic E-state index is 0.236. The van der Waals surface area contributed by atoms with Crippen LogP contribution in [0.1, 0.15) is 22.9 Å². The zero-order chi connectivity index (χ0) is 32.2. The van der Waals surface area contributed by atoms with E-state index in [-0.39, 0.29) is 5.54 Å². The van der Waals surface area contributed by atoms with Gasteiger partial charge in [-0.15, -0.1) is 22.7 Å². The molecule has 4 heteroatoms. The molecule has 1 atom stereocenters. The van der Waals surface area contributed by atoms with E-state index in [0.29, 0.717) is 0 Å². The van der Waals surface area contributed by atoms with Crippen LogP contribution in [0.4, 0.5) is 28.4 Å². The summed E-state index contributed by atoms with van der Waals surface area (Å²) in [7, 11) is 0. The summed E-state index contributed by atoms with van der Waals surface area (Å²) in [6.07, 6.45) is 5.71. The first-order chi connectivity index (χ1) is 23.6. The Labute approximate surface area is 289 Å². The molecule has 9 rings (SSSR count). The van der Waals surface area contributed by atoms with Crippen molar-refractivity contribution in [2.24, 2.45) is 0 Å². The third-order valence-corrected chi connectivity index (χ3v) is 11.9. The maximum Gasteiger partial charge on any atom is 0.0649 e. The molecule has 6 aromatic carbocycles. The van der Waals surface area contributed by atoms with Crippen molar-refractivity contribution >= 4 is 87.4 Å². The van der Waals surface area contributed by atoms with Crippen LogP contribution < -0.4 is 9.80 Å². The van der Waals surface area contributed by atoms with Gasteiger partial charge in [-0.25, -0.2) is 0 Å². The Hall–Kier alpha value is -5.16. The summed E-state index contributed by atoms with van der Waals surface area (Å²) < 4.78 is 3.96. The largest absolute Gasteiger partial charge is 0.332 e. The normalized spacial score (nSPS) is 15.6. The zero-order valence-electron chi connectivity index (χ0n) is 26.9. The first kappa shape index (κ1) is 29.0. The van der Waals surface area contributed by atoms with Gasteiger partial charge >= 0.3 is 0 Å². The number of benzene rings is 6. The van der Waals surface area contributed by atoms with E-state index < -0.39 is 0 Å². The summed E-state index contributed by atoms with van der Waals surface area (Å²) in [5.74, 6) is 0. The minimum Gasteiger partial charge on any atom is -0.332 e. The van der Waals surface area contributed by atoms with Gasteiger partial charge in [-0.1, -0.05) is 84.9 Å². The molecule has 0 bridgehead atoms. The molecule has 0 saturated carbocycles. The van der Waals surface area contributed by atoms with Crippen LogP contribution >= 0.6 is 22.7 Å². The minimum atomic E-state index is -0.236. The third kappa shape index (κ3) is 4.75. The number of hydrogen-bond acceptors (Lipinski definition) is 4. The van der Waals surface area contributed by atoms with E-state index in [2.05, 4.69) is 181 Å². The average Bonchev–Trinajstić information content (AvgIpc) is 3.68. The smallest absolute Gasteiger partial charge is 0.0649 e. The van der Waals surface area contributed by atoms with E-state index in [1.165, 1.54) is 69.0 Å². The number of nitrogens with zero attached hydrogens (tertiary/aromatic N) is 2. The lowest BCUT2D eigenvalue weighted by Gasteiger charge is -2.43. The lowest BCUT2D eigenvalue weighted by atomic mass is 9.83. The number of hydrogen-bond donors (Lipinski definition) is 0. The van der Waals surface area contributed by atoms with E-state index in [4.69, 9.17) is 0 Å². The zero-order valence-corrected chi connectivity index (χ0v) is 28.6. The number of para-hydroxylation sites is 3. The maximum atomic E-state index is 2.50. The van der Waals surface area contributed by atoms with Crippen LogP contribution in [0, 0.1) is 6.92 Å². The Bertz CT molecular complexity index is 2420. The van der Waals surface area contributed by atoms with Crippen LogP contribution in [0.25, 0.3) is 36.3 Å². The second-order valence-electron chi connectivity index (χ2n) is 12.9. The topological polar surface area (TPSA) is 6.48 Å². The molecule has 2 nitrogen and oxygen atoms in total. The molecule has 1 aliphatic carbocycles. The molecule has 48 heavy (non-hydrogen) atoms. The number of rotatable bonds is 6. The molecule has 1 unspecified atom stereocenters. The lowest BCUT2D eigenvalue weighted by molar-refractivity contribution is 0.563. The Morgan fingerprint density at radius 3 is 1.90 bits per heavy atom. The van der Waals surface area contributed by atoms with Gasteiger partial charge in [0, 0.05) is 58.9 Å². The highest BCUT2D eigenvalue weighted by Crippen LogP contribution is 2.49. The maximum absolute atomic E-state index is 2.50. The highest BCUT2D eigenvalue weighted by Gasteiger charge is 2.36. The number of anilines is 5. The molecule has 2 heterocycles. The average molecular weight is 655 g/mol. The molecule has 0 spiro atoms. The van der Waals surface area contributed by atoms with Crippen molar-refractivity contribution in [3.8, 4) is 0 Å². The van der Waals surface area contributed by atoms with E-state index >= 15 is 0 Å². The Balaban J connectivity index is 1.20. The Kier molecular flexibility index (Phi) is 6.96. The summed E-state index contributed by atoms with van der Waals surface area (Å²) >= 11 is 3.79. The number of aryl methyl sites for hydroxylation is 1. The molecule has 0 aliphatic heterocycles.